The second kappa shape index (κ2) is 7.31. The Morgan fingerprint density at radius 1 is 1.04 bits per heavy atom. The Morgan fingerprint density at radius 3 is 2.35 bits per heavy atom. The average Bonchev–Trinajstić information content (AvgIpc) is 2.62. The van der Waals surface area contributed by atoms with Crippen molar-refractivity contribution < 1.29 is 4.92 Å². The molecule has 0 fully saturated rings. The van der Waals surface area contributed by atoms with Crippen LogP contribution in [0.1, 0.15) is 13.8 Å². The van der Waals surface area contributed by atoms with Crippen molar-refractivity contribution in [1.82, 2.24) is 10.2 Å². The highest BCUT2D eigenvalue weighted by molar-refractivity contribution is 5.92. The number of aromatic nitrogens is 2. The summed E-state index contributed by atoms with van der Waals surface area (Å²) in [6.45, 7) is 4.00. The fraction of sp³-hybridized carbons (Fsp3) is 0.176. The van der Waals surface area contributed by atoms with E-state index in [4.69, 9.17) is 0 Å². The summed E-state index contributed by atoms with van der Waals surface area (Å²) >= 11 is 0. The van der Waals surface area contributed by atoms with Crippen LogP contribution in [0.5, 0.6) is 0 Å². The predicted octanol–water partition coefficient (Wildman–Crippen LogP) is 4.33. The van der Waals surface area contributed by atoms with E-state index in [1.165, 1.54) is 12.1 Å². The summed E-state index contributed by atoms with van der Waals surface area (Å²) in [6.07, 6.45) is 1.68. The van der Waals surface area contributed by atoms with Crippen LogP contribution in [0.25, 0.3) is 10.9 Å². The Labute approximate surface area is 134 Å². The first kappa shape index (κ1) is 16.4. The van der Waals surface area contributed by atoms with Gasteiger partial charge >= 0.3 is 0 Å². The van der Waals surface area contributed by atoms with Crippen LogP contribution in [0, 0.1) is 10.1 Å². The summed E-state index contributed by atoms with van der Waals surface area (Å²) in [5, 5.41) is 19.8. The molecule has 0 unspecified atom stereocenters. The van der Waals surface area contributed by atoms with E-state index >= 15 is 0 Å². The molecule has 0 spiro atoms. The maximum atomic E-state index is 10.7. The Hall–Kier alpha value is -3.02. The number of non-ortho nitro benzene ring substituents is 1. The largest absolute Gasteiger partial charge is 0.343 e. The lowest BCUT2D eigenvalue weighted by molar-refractivity contribution is -0.384. The van der Waals surface area contributed by atoms with E-state index in [9.17, 15) is 10.1 Å². The van der Waals surface area contributed by atoms with Gasteiger partial charge in [0.2, 0.25) is 0 Å². The van der Waals surface area contributed by atoms with Crippen molar-refractivity contribution >= 4 is 28.0 Å². The number of benzene rings is 2. The lowest BCUT2D eigenvalue weighted by atomic mass is 10.2. The van der Waals surface area contributed by atoms with E-state index in [-0.39, 0.29) is 5.69 Å². The molecule has 3 aromatic rings. The van der Waals surface area contributed by atoms with E-state index in [0.29, 0.717) is 0 Å². The zero-order valence-corrected chi connectivity index (χ0v) is 13.3. The number of fused-ring (bicyclic) bond motifs is 1. The van der Waals surface area contributed by atoms with Crippen LogP contribution in [-0.4, -0.2) is 22.2 Å². The summed E-state index contributed by atoms with van der Waals surface area (Å²) in [6, 6.07) is 14.1. The van der Waals surface area contributed by atoms with Crippen LogP contribution in [0.15, 0.2) is 54.7 Å². The van der Waals surface area contributed by atoms with Gasteiger partial charge in [0.05, 0.1) is 22.3 Å². The van der Waals surface area contributed by atoms with Crippen molar-refractivity contribution in [2.45, 2.75) is 13.8 Å². The van der Waals surface area contributed by atoms with E-state index in [1.807, 2.05) is 50.1 Å². The molecule has 0 amide bonds. The summed E-state index contributed by atoms with van der Waals surface area (Å²) in [4.78, 5) is 12.2. The molecule has 0 N–H and O–H groups in total. The molecule has 0 aliphatic rings. The summed E-state index contributed by atoms with van der Waals surface area (Å²) in [5.41, 5.74) is 2.63. The first-order valence-electron chi connectivity index (χ1n) is 7.35. The number of hydrogen-bond donors (Lipinski definition) is 0. The van der Waals surface area contributed by atoms with Gasteiger partial charge in [-0.3, -0.25) is 10.1 Å². The Balaban J connectivity index is 0.000000924. The molecule has 6 nitrogen and oxygen atoms in total. The van der Waals surface area contributed by atoms with Gasteiger partial charge in [-0.15, -0.1) is 0 Å². The van der Waals surface area contributed by atoms with Gasteiger partial charge in [0.1, 0.15) is 0 Å². The van der Waals surface area contributed by atoms with Crippen LogP contribution in [0.4, 0.5) is 17.1 Å². The Kier molecular flexibility index (Phi) is 5.19. The standard InChI is InChI=1S/C15H12N4O2.C2H6/c1-18(11-6-8-12(9-7-11)19(20)21)15-10-16-17-14-5-3-2-4-13(14)15;1-2/h2-10H,1H3;1-2H3. The maximum absolute atomic E-state index is 10.7. The van der Waals surface area contributed by atoms with Gasteiger partial charge in [0, 0.05) is 30.3 Å². The zero-order chi connectivity index (χ0) is 16.8. The van der Waals surface area contributed by atoms with Gasteiger partial charge in [0.15, 0.2) is 0 Å². The number of nitro benzene ring substituents is 1. The Morgan fingerprint density at radius 2 is 1.70 bits per heavy atom. The summed E-state index contributed by atoms with van der Waals surface area (Å²) in [5.74, 6) is 0. The van der Waals surface area contributed by atoms with Gasteiger partial charge in [-0.2, -0.15) is 10.2 Å². The van der Waals surface area contributed by atoms with Gasteiger partial charge < -0.3 is 4.90 Å². The number of nitrogens with zero attached hydrogens (tertiary/aromatic N) is 4. The first-order valence-corrected chi connectivity index (χ1v) is 7.35. The molecule has 0 saturated heterocycles. The smallest absolute Gasteiger partial charge is 0.269 e. The number of rotatable bonds is 3. The number of hydrogen-bond acceptors (Lipinski definition) is 5. The monoisotopic (exact) mass is 310 g/mol. The fourth-order valence-corrected chi connectivity index (χ4v) is 2.20. The lowest BCUT2D eigenvalue weighted by Gasteiger charge is -2.20. The van der Waals surface area contributed by atoms with Gasteiger partial charge in [-0.05, 0) is 18.2 Å². The van der Waals surface area contributed by atoms with Crippen molar-refractivity contribution in [3.05, 3.63) is 64.8 Å². The topological polar surface area (TPSA) is 72.2 Å². The quantitative estimate of drug-likeness (QED) is 0.531. The number of anilines is 2. The molecule has 0 aliphatic carbocycles. The zero-order valence-electron chi connectivity index (χ0n) is 13.3. The van der Waals surface area contributed by atoms with Crippen molar-refractivity contribution in [3.8, 4) is 0 Å². The molecular formula is C17H18N4O2. The van der Waals surface area contributed by atoms with Crippen LogP contribution in [-0.2, 0) is 0 Å². The molecular weight excluding hydrogens is 292 g/mol. The third-order valence-electron chi connectivity index (χ3n) is 3.33. The van der Waals surface area contributed by atoms with Crippen molar-refractivity contribution in [1.29, 1.82) is 0 Å². The third-order valence-corrected chi connectivity index (χ3v) is 3.33. The van der Waals surface area contributed by atoms with Crippen molar-refractivity contribution in [3.63, 3.8) is 0 Å². The van der Waals surface area contributed by atoms with E-state index < -0.39 is 4.92 Å². The average molecular weight is 310 g/mol. The SMILES string of the molecule is CC.CN(c1ccc([N+](=O)[O-])cc1)c1cnnc2ccccc12. The van der Waals surface area contributed by atoms with Gasteiger partial charge in [-0.25, -0.2) is 0 Å². The predicted molar refractivity (Wildman–Crippen MR) is 92.0 cm³/mol. The molecule has 23 heavy (non-hydrogen) atoms. The van der Waals surface area contributed by atoms with Crippen LogP contribution >= 0.6 is 0 Å². The minimum atomic E-state index is -0.410. The summed E-state index contributed by atoms with van der Waals surface area (Å²) in [7, 11) is 1.89. The maximum Gasteiger partial charge on any atom is 0.269 e. The minimum Gasteiger partial charge on any atom is -0.343 e. The molecule has 6 heteroatoms. The minimum absolute atomic E-state index is 0.0739. The van der Waals surface area contributed by atoms with E-state index in [2.05, 4.69) is 10.2 Å². The Bertz CT molecular complexity index is 798. The van der Waals surface area contributed by atoms with E-state index in [1.54, 1.807) is 18.3 Å². The molecule has 0 saturated carbocycles. The molecule has 0 aliphatic heterocycles. The third kappa shape index (κ3) is 3.42. The molecule has 1 heterocycles. The highest BCUT2D eigenvalue weighted by atomic mass is 16.6. The second-order valence-corrected chi connectivity index (χ2v) is 4.58. The first-order chi connectivity index (χ1) is 11.2. The normalized spacial score (nSPS) is 9.87. The van der Waals surface area contributed by atoms with Crippen LogP contribution in [0.2, 0.25) is 0 Å². The van der Waals surface area contributed by atoms with Crippen molar-refractivity contribution in [2.75, 3.05) is 11.9 Å². The molecule has 1 aromatic heterocycles. The van der Waals surface area contributed by atoms with Gasteiger partial charge in [-0.1, -0.05) is 32.0 Å². The second-order valence-electron chi connectivity index (χ2n) is 4.58. The highest BCUT2D eigenvalue weighted by Gasteiger charge is 2.11. The number of nitro groups is 1. The highest BCUT2D eigenvalue weighted by Crippen LogP contribution is 2.29. The van der Waals surface area contributed by atoms with Gasteiger partial charge in [0.25, 0.3) is 5.69 Å². The molecule has 0 bridgehead atoms. The van der Waals surface area contributed by atoms with E-state index in [0.717, 1.165) is 22.3 Å². The molecule has 0 radical (unpaired) electrons. The van der Waals surface area contributed by atoms with Crippen molar-refractivity contribution in [2.24, 2.45) is 0 Å². The summed E-state index contributed by atoms with van der Waals surface area (Å²) < 4.78 is 0. The van der Waals surface area contributed by atoms with Crippen LogP contribution < -0.4 is 4.90 Å². The molecule has 3 rings (SSSR count). The van der Waals surface area contributed by atoms with Crippen LogP contribution in [0.3, 0.4) is 0 Å². The lowest BCUT2D eigenvalue weighted by Crippen LogP contribution is -2.10. The molecule has 2 aromatic carbocycles. The fourth-order valence-electron chi connectivity index (χ4n) is 2.20. The molecule has 0 atom stereocenters. The molecule has 118 valence electrons.